The summed E-state index contributed by atoms with van der Waals surface area (Å²) < 4.78 is 0. The van der Waals surface area contributed by atoms with Gasteiger partial charge in [-0.15, -0.1) is 0 Å². The third-order valence-electron chi connectivity index (χ3n) is 4.08. The van der Waals surface area contributed by atoms with E-state index >= 15 is 0 Å². The number of rotatable bonds is 2. The maximum absolute atomic E-state index is 12.0. The lowest BCUT2D eigenvalue weighted by atomic mass is 9.96. The first-order chi connectivity index (χ1) is 7.68. The van der Waals surface area contributed by atoms with Gasteiger partial charge in [0.25, 0.3) is 0 Å². The van der Waals surface area contributed by atoms with Gasteiger partial charge in [-0.3, -0.25) is 4.79 Å². The topological polar surface area (TPSA) is 52.9 Å². The Balaban J connectivity index is 1.93. The summed E-state index contributed by atoms with van der Waals surface area (Å²) >= 11 is 0. The maximum atomic E-state index is 12.0. The van der Waals surface area contributed by atoms with E-state index in [0.717, 1.165) is 19.3 Å². The van der Waals surface area contributed by atoms with Crippen LogP contribution >= 0.6 is 0 Å². The van der Waals surface area contributed by atoms with Crippen molar-refractivity contribution < 1.29 is 4.79 Å². The lowest BCUT2D eigenvalue weighted by Crippen LogP contribution is -2.42. The minimum absolute atomic E-state index is 0.0197. The Hall–Kier alpha value is -1.04. The Morgan fingerprint density at radius 3 is 2.62 bits per heavy atom. The van der Waals surface area contributed by atoms with Gasteiger partial charge in [0.05, 0.1) is 6.07 Å². The molecule has 1 N–H and O–H groups in total. The first-order valence-corrected chi connectivity index (χ1v) is 6.40. The molecule has 0 radical (unpaired) electrons. The number of nitrogens with one attached hydrogen (secondary N) is 1. The highest BCUT2D eigenvalue weighted by molar-refractivity contribution is 5.88. The molecule has 2 fully saturated rings. The highest BCUT2D eigenvalue weighted by atomic mass is 16.2. The van der Waals surface area contributed by atoms with Gasteiger partial charge in [-0.25, -0.2) is 0 Å². The number of amides is 1. The van der Waals surface area contributed by atoms with Gasteiger partial charge in [0.15, 0.2) is 0 Å². The molecule has 3 nitrogen and oxygen atoms in total. The molecule has 0 aliphatic heterocycles. The van der Waals surface area contributed by atoms with Crippen LogP contribution in [0.2, 0.25) is 0 Å². The minimum atomic E-state index is -0.661. The van der Waals surface area contributed by atoms with E-state index < -0.39 is 5.41 Å². The summed E-state index contributed by atoms with van der Waals surface area (Å²) in [5.74, 6) is 0.537. The smallest absolute Gasteiger partial charge is 0.240 e. The molecule has 2 aliphatic rings. The van der Waals surface area contributed by atoms with Crippen LogP contribution in [-0.2, 0) is 4.79 Å². The third-order valence-corrected chi connectivity index (χ3v) is 4.08. The van der Waals surface area contributed by atoms with Crippen molar-refractivity contribution in [1.82, 2.24) is 5.32 Å². The van der Waals surface area contributed by atoms with Crippen LogP contribution in [0, 0.1) is 22.7 Å². The van der Waals surface area contributed by atoms with Gasteiger partial charge in [0.2, 0.25) is 5.91 Å². The summed E-state index contributed by atoms with van der Waals surface area (Å²) in [7, 11) is 0. The SMILES string of the molecule is CC1CCCCCC1NC(=O)C1(C#N)CC1. The van der Waals surface area contributed by atoms with Crippen LogP contribution in [-0.4, -0.2) is 11.9 Å². The minimum Gasteiger partial charge on any atom is -0.352 e. The van der Waals surface area contributed by atoms with Crippen LogP contribution in [0.5, 0.6) is 0 Å². The van der Waals surface area contributed by atoms with E-state index in [1.807, 2.05) is 0 Å². The van der Waals surface area contributed by atoms with Crippen molar-refractivity contribution in [3.8, 4) is 6.07 Å². The van der Waals surface area contributed by atoms with Crippen molar-refractivity contribution in [2.24, 2.45) is 11.3 Å². The van der Waals surface area contributed by atoms with Gasteiger partial charge in [0.1, 0.15) is 5.41 Å². The largest absolute Gasteiger partial charge is 0.352 e. The lowest BCUT2D eigenvalue weighted by molar-refractivity contribution is -0.125. The van der Waals surface area contributed by atoms with Crippen LogP contribution in [0.25, 0.3) is 0 Å². The quantitative estimate of drug-likeness (QED) is 0.726. The molecule has 3 heteroatoms. The first kappa shape index (κ1) is 11.4. The van der Waals surface area contributed by atoms with Crippen LogP contribution in [0.3, 0.4) is 0 Å². The van der Waals surface area contributed by atoms with Crippen LogP contribution in [0.1, 0.15) is 51.9 Å². The Morgan fingerprint density at radius 2 is 2.00 bits per heavy atom. The van der Waals surface area contributed by atoms with Gasteiger partial charge < -0.3 is 5.32 Å². The normalized spacial score (nSPS) is 32.2. The predicted molar refractivity (Wildman–Crippen MR) is 61.5 cm³/mol. The second-order valence-corrected chi connectivity index (χ2v) is 5.39. The maximum Gasteiger partial charge on any atom is 0.240 e. The molecule has 0 bridgehead atoms. The molecule has 0 heterocycles. The number of hydrogen-bond donors (Lipinski definition) is 1. The van der Waals surface area contributed by atoms with E-state index in [0.29, 0.717) is 12.0 Å². The number of carbonyl (C=O) groups excluding carboxylic acids is 1. The zero-order valence-corrected chi connectivity index (χ0v) is 9.96. The summed E-state index contributed by atoms with van der Waals surface area (Å²) in [5, 5.41) is 12.1. The Kier molecular flexibility index (Phi) is 3.18. The van der Waals surface area contributed by atoms with E-state index in [-0.39, 0.29) is 5.91 Å². The molecule has 2 atom stereocenters. The van der Waals surface area contributed by atoms with Crippen LogP contribution < -0.4 is 5.32 Å². The fourth-order valence-electron chi connectivity index (χ4n) is 2.53. The molecule has 0 spiro atoms. The summed E-state index contributed by atoms with van der Waals surface area (Å²) in [6, 6.07) is 2.45. The fourth-order valence-corrected chi connectivity index (χ4v) is 2.53. The van der Waals surface area contributed by atoms with E-state index in [2.05, 4.69) is 18.3 Å². The molecule has 2 aliphatic carbocycles. The van der Waals surface area contributed by atoms with Crippen molar-refractivity contribution in [1.29, 1.82) is 5.26 Å². The molecule has 0 aromatic heterocycles. The Morgan fingerprint density at radius 1 is 1.31 bits per heavy atom. The average Bonchev–Trinajstić information content (AvgIpc) is 3.07. The van der Waals surface area contributed by atoms with Gasteiger partial charge in [-0.05, 0) is 31.6 Å². The Bertz CT molecular complexity index is 314. The predicted octanol–water partition coefficient (Wildman–Crippen LogP) is 2.38. The summed E-state index contributed by atoms with van der Waals surface area (Å²) in [6.07, 6.45) is 7.53. The van der Waals surface area contributed by atoms with Crippen LogP contribution in [0.4, 0.5) is 0 Å². The number of nitriles is 1. The Labute approximate surface area is 97.2 Å². The van der Waals surface area contributed by atoms with Crippen LogP contribution in [0.15, 0.2) is 0 Å². The van der Waals surface area contributed by atoms with Gasteiger partial charge in [-0.1, -0.05) is 26.2 Å². The van der Waals surface area contributed by atoms with E-state index in [9.17, 15) is 4.79 Å². The molecule has 0 aromatic carbocycles. The van der Waals surface area contributed by atoms with Crippen molar-refractivity contribution in [2.45, 2.75) is 57.9 Å². The van der Waals surface area contributed by atoms with E-state index in [4.69, 9.17) is 5.26 Å². The van der Waals surface area contributed by atoms with Crippen molar-refractivity contribution in [3.05, 3.63) is 0 Å². The number of hydrogen-bond acceptors (Lipinski definition) is 2. The van der Waals surface area contributed by atoms with Gasteiger partial charge in [-0.2, -0.15) is 5.26 Å². The van der Waals surface area contributed by atoms with Crippen molar-refractivity contribution in [2.75, 3.05) is 0 Å². The zero-order valence-electron chi connectivity index (χ0n) is 9.96. The molecule has 2 unspecified atom stereocenters. The van der Waals surface area contributed by atoms with Crippen molar-refractivity contribution >= 4 is 5.91 Å². The molecular formula is C13H20N2O. The molecule has 2 saturated carbocycles. The fraction of sp³-hybridized carbons (Fsp3) is 0.846. The second-order valence-electron chi connectivity index (χ2n) is 5.39. The highest BCUT2D eigenvalue weighted by Gasteiger charge is 2.51. The van der Waals surface area contributed by atoms with Gasteiger partial charge in [0, 0.05) is 6.04 Å². The first-order valence-electron chi connectivity index (χ1n) is 6.40. The average molecular weight is 220 g/mol. The summed E-state index contributed by atoms with van der Waals surface area (Å²) in [4.78, 5) is 12.0. The monoisotopic (exact) mass is 220 g/mol. The number of nitrogens with zero attached hydrogens (tertiary/aromatic N) is 1. The summed E-state index contributed by atoms with van der Waals surface area (Å²) in [5.41, 5.74) is -0.661. The lowest BCUT2D eigenvalue weighted by Gasteiger charge is -2.23. The van der Waals surface area contributed by atoms with E-state index in [1.54, 1.807) is 0 Å². The van der Waals surface area contributed by atoms with Crippen molar-refractivity contribution in [3.63, 3.8) is 0 Å². The molecule has 1 amide bonds. The molecule has 2 rings (SSSR count). The second kappa shape index (κ2) is 4.45. The number of carbonyl (C=O) groups is 1. The molecule has 16 heavy (non-hydrogen) atoms. The molecule has 0 aromatic rings. The molecule has 88 valence electrons. The van der Waals surface area contributed by atoms with E-state index in [1.165, 1.54) is 25.7 Å². The van der Waals surface area contributed by atoms with Gasteiger partial charge >= 0.3 is 0 Å². The highest BCUT2D eigenvalue weighted by Crippen LogP contribution is 2.45. The molecular weight excluding hydrogens is 200 g/mol. The zero-order chi connectivity index (χ0) is 11.6. The third kappa shape index (κ3) is 2.21. The standard InChI is InChI=1S/C13H20N2O/c1-10-5-3-2-4-6-11(10)15-12(16)13(9-14)7-8-13/h10-11H,2-8H2,1H3,(H,15,16). The summed E-state index contributed by atoms with van der Waals surface area (Å²) in [6.45, 7) is 2.21. The molecule has 0 saturated heterocycles.